The topological polar surface area (TPSA) is 45.5 Å². The van der Waals surface area contributed by atoms with E-state index in [0.29, 0.717) is 22.9 Å². The predicted molar refractivity (Wildman–Crippen MR) is 113 cm³/mol. The largest absolute Gasteiger partial charge is 0.451 e. The van der Waals surface area contributed by atoms with Crippen molar-refractivity contribution < 1.29 is 9.21 Å². The van der Waals surface area contributed by atoms with Gasteiger partial charge in [-0.3, -0.25) is 4.79 Å². The Morgan fingerprint density at radius 2 is 1.81 bits per heavy atom. The first-order valence-corrected chi connectivity index (χ1v) is 8.94. The number of amides is 1. The fourth-order valence-corrected chi connectivity index (χ4v) is 3.24. The second kappa shape index (κ2) is 8.79. The summed E-state index contributed by atoms with van der Waals surface area (Å²) in [5.74, 6) is 0.123. The molecule has 0 radical (unpaired) electrons. The summed E-state index contributed by atoms with van der Waals surface area (Å²) >= 11 is 6.05. The van der Waals surface area contributed by atoms with Crippen LogP contribution in [0.4, 0.5) is 0 Å². The molecule has 0 aliphatic rings. The maximum Gasteiger partial charge on any atom is 0.287 e. The number of nitrogens with zero attached hydrogens (tertiary/aromatic N) is 1. The number of halogens is 2. The number of rotatable bonds is 5. The quantitative estimate of drug-likeness (QED) is 0.636. The van der Waals surface area contributed by atoms with Gasteiger partial charge in [-0.15, -0.1) is 12.4 Å². The molecule has 4 nitrogen and oxygen atoms in total. The highest BCUT2D eigenvalue weighted by molar-refractivity contribution is 6.31. The van der Waals surface area contributed by atoms with Crippen molar-refractivity contribution in [3.05, 3.63) is 69.9 Å². The van der Waals surface area contributed by atoms with Crippen LogP contribution in [0.25, 0.3) is 11.0 Å². The van der Waals surface area contributed by atoms with E-state index in [4.69, 9.17) is 16.0 Å². The molecule has 0 fully saturated rings. The van der Waals surface area contributed by atoms with Gasteiger partial charge in [0.05, 0.1) is 6.04 Å². The van der Waals surface area contributed by atoms with E-state index >= 15 is 0 Å². The highest BCUT2D eigenvalue weighted by Crippen LogP contribution is 2.28. The summed E-state index contributed by atoms with van der Waals surface area (Å²) in [6, 6.07) is 13.8. The smallest absolute Gasteiger partial charge is 0.287 e. The number of carbonyl (C=O) groups excluding carboxylic acids is 1. The molecule has 144 valence electrons. The molecule has 0 saturated carbocycles. The average molecular weight is 407 g/mol. The Bertz CT molecular complexity index is 933. The maximum atomic E-state index is 12.7. The monoisotopic (exact) mass is 406 g/mol. The predicted octanol–water partition coefficient (Wildman–Crippen LogP) is 5.16. The summed E-state index contributed by atoms with van der Waals surface area (Å²) in [5.41, 5.74) is 3.84. The third-order valence-electron chi connectivity index (χ3n) is 4.65. The summed E-state index contributed by atoms with van der Waals surface area (Å²) in [7, 11) is 4.01. The minimum atomic E-state index is -0.214. The van der Waals surface area contributed by atoms with Gasteiger partial charge in [0.1, 0.15) is 5.58 Å². The number of carbonyl (C=O) groups is 1. The summed E-state index contributed by atoms with van der Waals surface area (Å²) < 4.78 is 5.75. The number of nitrogens with one attached hydrogen (secondary N) is 1. The molecular formula is C21H24Cl2N2O2. The van der Waals surface area contributed by atoms with E-state index in [1.165, 1.54) is 5.56 Å². The molecule has 1 unspecified atom stereocenters. The Morgan fingerprint density at radius 1 is 1.15 bits per heavy atom. The Balaban J connectivity index is 0.00000261. The van der Waals surface area contributed by atoms with Gasteiger partial charge in [-0.25, -0.2) is 0 Å². The van der Waals surface area contributed by atoms with E-state index in [-0.39, 0.29) is 24.4 Å². The van der Waals surface area contributed by atoms with Crippen LogP contribution in [0.15, 0.2) is 46.9 Å². The van der Waals surface area contributed by atoms with E-state index in [1.807, 2.05) is 27.1 Å². The lowest BCUT2D eigenvalue weighted by Gasteiger charge is -2.25. The van der Waals surface area contributed by atoms with Crippen LogP contribution in [0, 0.1) is 13.8 Å². The highest BCUT2D eigenvalue weighted by Gasteiger charge is 2.20. The van der Waals surface area contributed by atoms with E-state index < -0.39 is 0 Å². The molecule has 1 atom stereocenters. The Kier molecular flexibility index (Phi) is 6.93. The fourth-order valence-electron chi connectivity index (χ4n) is 3.07. The van der Waals surface area contributed by atoms with Crippen LogP contribution < -0.4 is 5.32 Å². The van der Waals surface area contributed by atoms with E-state index in [0.717, 1.165) is 16.5 Å². The fraction of sp³-hybridized carbons (Fsp3) is 0.286. The van der Waals surface area contributed by atoms with Crippen LogP contribution in [-0.2, 0) is 0 Å². The summed E-state index contributed by atoms with van der Waals surface area (Å²) in [5, 5.41) is 4.49. The molecule has 3 rings (SSSR count). The minimum absolute atomic E-state index is 0. The zero-order chi connectivity index (χ0) is 18.8. The number of hydrogen-bond acceptors (Lipinski definition) is 3. The molecule has 1 aromatic heterocycles. The normalized spacial score (nSPS) is 12.1. The van der Waals surface area contributed by atoms with Crippen molar-refractivity contribution in [3.8, 4) is 0 Å². The van der Waals surface area contributed by atoms with Crippen molar-refractivity contribution in [1.82, 2.24) is 10.2 Å². The first kappa shape index (κ1) is 21.3. The summed E-state index contributed by atoms with van der Waals surface area (Å²) in [4.78, 5) is 14.8. The summed E-state index contributed by atoms with van der Waals surface area (Å²) in [6.07, 6.45) is 0. The molecule has 1 N–H and O–H groups in total. The van der Waals surface area contributed by atoms with Crippen molar-refractivity contribution in [3.63, 3.8) is 0 Å². The number of furan rings is 1. The second-order valence-electron chi connectivity index (χ2n) is 6.80. The lowest BCUT2D eigenvalue weighted by Crippen LogP contribution is -2.34. The summed E-state index contributed by atoms with van der Waals surface area (Å²) in [6.45, 7) is 4.43. The Labute approximate surface area is 170 Å². The second-order valence-corrected chi connectivity index (χ2v) is 7.23. The van der Waals surface area contributed by atoms with Crippen LogP contribution in [0.3, 0.4) is 0 Å². The van der Waals surface area contributed by atoms with Gasteiger partial charge in [0.25, 0.3) is 5.91 Å². The minimum Gasteiger partial charge on any atom is -0.451 e. The molecule has 0 bridgehead atoms. The van der Waals surface area contributed by atoms with Crippen molar-refractivity contribution in [2.45, 2.75) is 19.9 Å². The van der Waals surface area contributed by atoms with Gasteiger partial charge in [0.15, 0.2) is 5.76 Å². The van der Waals surface area contributed by atoms with Gasteiger partial charge in [-0.1, -0.05) is 41.4 Å². The van der Waals surface area contributed by atoms with Crippen molar-refractivity contribution in [2.24, 2.45) is 0 Å². The van der Waals surface area contributed by atoms with E-state index in [9.17, 15) is 4.79 Å². The number of hydrogen-bond donors (Lipinski definition) is 1. The van der Waals surface area contributed by atoms with Gasteiger partial charge in [-0.05, 0) is 51.7 Å². The van der Waals surface area contributed by atoms with Gasteiger partial charge in [-0.2, -0.15) is 0 Å². The number of benzene rings is 2. The molecule has 3 aromatic rings. The lowest BCUT2D eigenvalue weighted by molar-refractivity contribution is 0.0915. The van der Waals surface area contributed by atoms with Crippen LogP contribution >= 0.6 is 24.0 Å². The van der Waals surface area contributed by atoms with Crippen LogP contribution in [-0.4, -0.2) is 31.4 Å². The van der Waals surface area contributed by atoms with Crippen molar-refractivity contribution in [1.29, 1.82) is 0 Å². The number of fused-ring (bicyclic) bond motifs is 1. The first-order chi connectivity index (χ1) is 12.4. The molecule has 2 aromatic carbocycles. The SMILES string of the molecule is Cc1ccc(C(CNC(=O)c2oc3ccc(Cl)cc3c2C)N(C)C)cc1.Cl. The molecule has 6 heteroatoms. The third kappa shape index (κ3) is 4.64. The van der Waals surface area contributed by atoms with Crippen LogP contribution in [0.1, 0.15) is 33.3 Å². The number of aryl methyl sites for hydroxylation is 2. The Hall–Kier alpha value is -2.01. The molecule has 0 saturated heterocycles. The average Bonchev–Trinajstić information content (AvgIpc) is 2.93. The van der Waals surface area contributed by atoms with Gasteiger partial charge in [0.2, 0.25) is 0 Å². The molecule has 0 aliphatic carbocycles. The van der Waals surface area contributed by atoms with Crippen molar-refractivity contribution in [2.75, 3.05) is 20.6 Å². The molecular weight excluding hydrogens is 383 g/mol. The van der Waals surface area contributed by atoms with Gasteiger partial charge in [0, 0.05) is 22.5 Å². The Morgan fingerprint density at radius 3 is 2.44 bits per heavy atom. The first-order valence-electron chi connectivity index (χ1n) is 8.56. The maximum absolute atomic E-state index is 12.7. The zero-order valence-corrected chi connectivity index (χ0v) is 17.4. The van der Waals surface area contributed by atoms with E-state index in [2.05, 4.69) is 41.4 Å². The number of likely N-dealkylation sites (N-methyl/N-ethyl adjacent to an activating group) is 1. The van der Waals surface area contributed by atoms with E-state index in [1.54, 1.807) is 12.1 Å². The molecule has 1 heterocycles. The zero-order valence-electron chi connectivity index (χ0n) is 15.9. The molecule has 0 spiro atoms. The molecule has 1 amide bonds. The highest BCUT2D eigenvalue weighted by atomic mass is 35.5. The van der Waals surface area contributed by atoms with Crippen LogP contribution in [0.5, 0.6) is 0 Å². The lowest BCUT2D eigenvalue weighted by atomic mass is 10.0. The van der Waals surface area contributed by atoms with Crippen molar-refractivity contribution >= 4 is 40.9 Å². The molecule has 0 aliphatic heterocycles. The van der Waals surface area contributed by atoms with Gasteiger partial charge < -0.3 is 14.6 Å². The third-order valence-corrected chi connectivity index (χ3v) is 4.88. The standard InChI is InChI=1S/C21H23ClN2O2.ClH/c1-13-5-7-15(8-6-13)18(24(3)4)12-23-21(25)20-14(2)17-11-16(22)9-10-19(17)26-20;/h5-11,18H,12H2,1-4H3,(H,23,25);1H. The van der Waals surface area contributed by atoms with Gasteiger partial charge >= 0.3 is 0 Å². The molecule has 27 heavy (non-hydrogen) atoms. The van der Waals surface area contributed by atoms with Crippen LogP contribution in [0.2, 0.25) is 5.02 Å².